The zero-order chi connectivity index (χ0) is 15.6. The first-order valence-corrected chi connectivity index (χ1v) is 7.44. The number of anilines is 4. The highest BCUT2D eigenvalue weighted by Crippen LogP contribution is 2.26. The van der Waals surface area contributed by atoms with E-state index in [1.54, 1.807) is 18.6 Å². The van der Waals surface area contributed by atoms with Gasteiger partial charge in [-0.05, 0) is 29.3 Å². The normalized spacial score (nSPS) is 13.6. The van der Waals surface area contributed by atoms with Crippen LogP contribution in [0.4, 0.5) is 23.1 Å². The van der Waals surface area contributed by atoms with Gasteiger partial charge in [-0.2, -0.15) is 4.98 Å². The second-order valence-electron chi connectivity index (χ2n) is 5.11. The highest BCUT2D eigenvalue weighted by Gasteiger charge is 2.08. The fourth-order valence-corrected chi connectivity index (χ4v) is 2.45. The zero-order valence-corrected chi connectivity index (χ0v) is 12.7. The number of hydrogen-bond acceptors (Lipinski definition) is 5. The standard InChI is InChI=1S/C17H12ClN5/c18-15-10-20-17-22-14-7-12(8-19-9-14)5-4-11-2-1-3-13(6-11)21-16(15)23-17/h1-10H,(H2,20,21,22,23)/b5-4-. The van der Waals surface area contributed by atoms with Gasteiger partial charge in [-0.3, -0.25) is 4.98 Å². The fraction of sp³-hybridized carbons (Fsp3) is 0. The number of benzene rings is 1. The summed E-state index contributed by atoms with van der Waals surface area (Å²) in [7, 11) is 0. The summed E-state index contributed by atoms with van der Waals surface area (Å²) in [6, 6.07) is 9.98. The highest BCUT2D eigenvalue weighted by molar-refractivity contribution is 6.32. The van der Waals surface area contributed by atoms with Crippen LogP contribution in [-0.4, -0.2) is 15.0 Å². The second kappa shape index (κ2) is 5.70. The smallest absolute Gasteiger partial charge is 0.229 e. The molecule has 0 spiro atoms. The molecule has 0 amide bonds. The number of fused-ring (bicyclic) bond motifs is 6. The van der Waals surface area contributed by atoms with E-state index >= 15 is 0 Å². The molecule has 0 unspecified atom stereocenters. The van der Waals surface area contributed by atoms with E-state index < -0.39 is 0 Å². The Labute approximate surface area is 138 Å². The lowest BCUT2D eigenvalue weighted by Crippen LogP contribution is -2.01. The number of nitrogens with zero attached hydrogens (tertiary/aromatic N) is 3. The molecule has 0 saturated heterocycles. The van der Waals surface area contributed by atoms with E-state index in [9.17, 15) is 0 Å². The lowest BCUT2D eigenvalue weighted by molar-refractivity contribution is 1.16. The highest BCUT2D eigenvalue weighted by atomic mass is 35.5. The largest absolute Gasteiger partial charge is 0.339 e. The average molecular weight is 322 g/mol. The van der Waals surface area contributed by atoms with Crippen molar-refractivity contribution in [3.63, 3.8) is 0 Å². The molecule has 2 aromatic heterocycles. The lowest BCUT2D eigenvalue weighted by atomic mass is 10.1. The molecule has 0 atom stereocenters. The van der Waals surface area contributed by atoms with Crippen molar-refractivity contribution >= 4 is 46.9 Å². The van der Waals surface area contributed by atoms with E-state index in [1.807, 2.05) is 42.5 Å². The maximum atomic E-state index is 6.19. The number of nitrogens with one attached hydrogen (secondary N) is 2. The van der Waals surface area contributed by atoms with E-state index in [0.717, 1.165) is 22.5 Å². The van der Waals surface area contributed by atoms with Crippen LogP contribution in [0.15, 0.2) is 48.9 Å². The van der Waals surface area contributed by atoms with Gasteiger partial charge in [0.1, 0.15) is 5.02 Å². The summed E-state index contributed by atoms with van der Waals surface area (Å²) in [5.74, 6) is 1.00. The van der Waals surface area contributed by atoms with Crippen molar-refractivity contribution in [1.29, 1.82) is 0 Å². The molecular formula is C17H12ClN5. The molecular weight excluding hydrogens is 310 g/mol. The molecule has 6 bridgehead atoms. The Balaban J connectivity index is 1.89. The van der Waals surface area contributed by atoms with E-state index in [-0.39, 0.29) is 0 Å². The molecule has 6 heteroatoms. The molecule has 0 fully saturated rings. The average Bonchev–Trinajstić information content (AvgIpc) is 2.57. The molecule has 1 aliphatic heterocycles. The first-order chi connectivity index (χ1) is 11.3. The molecule has 23 heavy (non-hydrogen) atoms. The monoisotopic (exact) mass is 321 g/mol. The minimum Gasteiger partial charge on any atom is -0.339 e. The minimum atomic E-state index is 0.454. The molecule has 0 aliphatic carbocycles. The van der Waals surface area contributed by atoms with Gasteiger partial charge in [-0.25, -0.2) is 4.98 Å². The molecule has 1 aromatic carbocycles. The van der Waals surface area contributed by atoms with Gasteiger partial charge in [0.25, 0.3) is 0 Å². The topological polar surface area (TPSA) is 62.7 Å². The van der Waals surface area contributed by atoms with Crippen LogP contribution in [0.2, 0.25) is 5.02 Å². The molecule has 112 valence electrons. The summed E-state index contributed by atoms with van der Waals surface area (Å²) < 4.78 is 0. The molecule has 1 aliphatic rings. The summed E-state index contributed by atoms with van der Waals surface area (Å²) in [5.41, 5.74) is 3.77. The van der Waals surface area contributed by atoms with Crippen molar-refractivity contribution in [2.24, 2.45) is 0 Å². The van der Waals surface area contributed by atoms with Crippen LogP contribution in [0, 0.1) is 0 Å². The van der Waals surface area contributed by atoms with E-state index in [1.165, 1.54) is 0 Å². The summed E-state index contributed by atoms with van der Waals surface area (Å²) >= 11 is 6.19. The quantitative estimate of drug-likeness (QED) is 0.499. The molecule has 0 radical (unpaired) electrons. The van der Waals surface area contributed by atoms with Crippen molar-refractivity contribution in [1.82, 2.24) is 15.0 Å². The first-order valence-electron chi connectivity index (χ1n) is 7.06. The Bertz CT molecular complexity index is 907. The van der Waals surface area contributed by atoms with Gasteiger partial charge in [-0.1, -0.05) is 35.9 Å². The number of aromatic nitrogens is 3. The molecule has 3 aromatic rings. The van der Waals surface area contributed by atoms with E-state index in [4.69, 9.17) is 11.6 Å². The summed E-state index contributed by atoms with van der Waals surface area (Å²) in [6.07, 6.45) is 9.14. The molecule has 5 nitrogen and oxygen atoms in total. The Morgan fingerprint density at radius 3 is 2.70 bits per heavy atom. The fourth-order valence-electron chi connectivity index (χ4n) is 2.31. The van der Waals surface area contributed by atoms with Gasteiger partial charge < -0.3 is 10.6 Å². The van der Waals surface area contributed by atoms with Gasteiger partial charge in [0, 0.05) is 11.9 Å². The van der Waals surface area contributed by atoms with Crippen molar-refractivity contribution < 1.29 is 0 Å². The van der Waals surface area contributed by atoms with Gasteiger partial charge in [0.05, 0.1) is 18.1 Å². The maximum absolute atomic E-state index is 6.19. The van der Waals surface area contributed by atoms with Gasteiger partial charge in [0.15, 0.2) is 5.82 Å². The summed E-state index contributed by atoms with van der Waals surface area (Å²) in [6.45, 7) is 0. The summed E-state index contributed by atoms with van der Waals surface area (Å²) in [4.78, 5) is 12.9. The van der Waals surface area contributed by atoms with Crippen LogP contribution in [0.1, 0.15) is 11.1 Å². The maximum Gasteiger partial charge on any atom is 0.229 e. The summed E-state index contributed by atoms with van der Waals surface area (Å²) in [5, 5.41) is 6.82. The Morgan fingerprint density at radius 1 is 0.870 bits per heavy atom. The van der Waals surface area contributed by atoms with Gasteiger partial charge in [0.2, 0.25) is 5.95 Å². The Hall–Kier alpha value is -2.92. The third-order valence-corrected chi connectivity index (χ3v) is 3.65. The van der Waals surface area contributed by atoms with E-state index in [2.05, 4.69) is 25.6 Å². The third-order valence-electron chi connectivity index (χ3n) is 3.38. The van der Waals surface area contributed by atoms with Crippen LogP contribution in [0.25, 0.3) is 12.2 Å². The number of halogens is 1. The van der Waals surface area contributed by atoms with Crippen molar-refractivity contribution in [2.45, 2.75) is 0 Å². The van der Waals surface area contributed by atoms with Crippen molar-refractivity contribution in [2.75, 3.05) is 10.6 Å². The van der Waals surface area contributed by atoms with Crippen LogP contribution in [-0.2, 0) is 0 Å². The molecule has 0 saturated carbocycles. The number of pyridine rings is 1. The molecule has 2 N–H and O–H groups in total. The van der Waals surface area contributed by atoms with Crippen LogP contribution < -0.4 is 10.6 Å². The first kappa shape index (κ1) is 13.7. The second-order valence-corrected chi connectivity index (χ2v) is 5.51. The zero-order valence-electron chi connectivity index (χ0n) is 12.0. The SMILES string of the molecule is Clc1cnc2nc1Nc1cccc(c1)/C=C\c1cncc(c1)N2. The van der Waals surface area contributed by atoms with Crippen molar-refractivity contribution in [3.05, 3.63) is 65.1 Å². The minimum absolute atomic E-state index is 0.454. The van der Waals surface area contributed by atoms with Crippen LogP contribution in [0.5, 0.6) is 0 Å². The number of hydrogen-bond donors (Lipinski definition) is 2. The third kappa shape index (κ3) is 3.00. The Kier molecular flexibility index (Phi) is 3.40. The lowest BCUT2D eigenvalue weighted by Gasteiger charge is -2.10. The molecule has 3 heterocycles. The number of rotatable bonds is 0. The van der Waals surface area contributed by atoms with Crippen molar-refractivity contribution in [3.8, 4) is 0 Å². The van der Waals surface area contributed by atoms with Gasteiger partial charge in [-0.15, -0.1) is 0 Å². The predicted octanol–water partition coefficient (Wildman–Crippen LogP) is 4.50. The van der Waals surface area contributed by atoms with Crippen LogP contribution in [0.3, 0.4) is 0 Å². The van der Waals surface area contributed by atoms with E-state index in [0.29, 0.717) is 16.8 Å². The predicted molar refractivity (Wildman–Crippen MR) is 93.2 cm³/mol. The van der Waals surface area contributed by atoms with Gasteiger partial charge >= 0.3 is 0 Å². The molecule has 4 rings (SSSR count). The Morgan fingerprint density at radius 2 is 1.74 bits per heavy atom. The van der Waals surface area contributed by atoms with Crippen LogP contribution >= 0.6 is 11.6 Å².